The van der Waals surface area contributed by atoms with Crippen LogP contribution in [0.3, 0.4) is 0 Å². The molecule has 1 aromatic heterocycles. The summed E-state index contributed by atoms with van der Waals surface area (Å²) in [5, 5.41) is 13.7. The first-order valence-corrected chi connectivity index (χ1v) is 6.75. The average molecular weight is 263 g/mol. The fourth-order valence-corrected chi connectivity index (χ4v) is 2.87. The number of para-hydroxylation sites is 1. The largest absolute Gasteiger partial charge is 0.496 e. The highest BCUT2D eigenvalue weighted by molar-refractivity contribution is 7.14. The first-order chi connectivity index (χ1) is 8.80. The van der Waals surface area contributed by atoms with Crippen molar-refractivity contribution in [3.8, 4) is 16.3 Å². The summed E-state index contributed by atoms with van der Waals surface area (Å²) in [6, 6.07) is 8.14. The SMILES string of the molecule is CCC(NC)c1nnc(-c2ccccc2OC)s1. The van der Waals surface area contributed by atoms with E-state index in [0.29, 0.717) is 0 Å². The van der Waals surface area contributed by atoms with Gasteiger partial charge in [-0.1, -0.05) is 30.4 Å². The van der Waals surface area contributed by atoms with Crippen molar-refractivity contribution in [1.29, 1.82) is 0 Å². The highest BCUT2D eigenvalue weighted by Crippen LogP contribution is 2.33. The Balaban J connectivity index is 2.34. The van der Waals surface area contributed by atoms with Crippen molar-refractivity contribution in [2.75, 3.05) is 14.2 Å². The Morgan fingerprint density at radius 3 is 2.78 bits per heavy atom. The van der Waals surface area contributed by atoms with Crippen LogP contribution in [0.1, 0.15) is 24.4 Å². The maximum absolute atomic E-state index is 5.35. The van der Waals surface area contributed by atoms with Gasteiger partial charge in [0.2, 0.25) is 0 Å². The lowest BCUT2D eigenvalue weighted by Crippen LogP contribution is -2.14. The van der Waals surface area contributed by atoms with Crippen LogP contribution in [0.2, 0.25) is 0 Å². The van der Waals surface area contributed by atoms with E-state index in [9.17, 15) is 0 Å². The third-order valence-corrected chi connectivity index (χ3v) is 3.90. The minimum absolute atomic E-state index is 0.269. The van der Waals surface area contributed by atoms with Crippen molar-refractivity contribution in [1.82, 2.24) is 15.5 Å². The van der Waals surface area contributed by atoms with E-state index in [2.05, 4.69) is 22.4 Å². The zero-order chi connectivity index (χ0) is 13.0. The first-order valence-electron chi connectivity index (χ1n) is 5.94. The van der Waals surface area contributed by atoms with Crippen LogP contribution < -0.4 is 10.1 Å². The maximum Gasteiger partial charge on any atom is 0.151 e. The summed E-state index contributed by atoms with van der Waals surface area (Å²) in [6.45, 7) is 2.13. The molecule has 0 amide bonds. The molecule has 2 aromatic rings. The van der Waals surface area contributed by atoms with Crippen molar-refractivity contribution in [3.63, 3.8) is 0 Å². The molecule has 0 aliphatic rings. The number of nitrogens with one attached hydrogen (secondary N) is 1. The molecule has 5 heteroatoms. The summed E-state index contributed by atoms with van der Waals surface area (Å²) in [5.41, 5.74) is 0.995. The molecule has 0 saturated heterocycles. The molecule has 0 fully saturated rings. The van der Waals surface area contributed by atoms with E-state index in [1.165, 1.54) is 0 Å². The van der Waals surface area contributed by atoms with Crippen LogP contribution >= 0.6 is 11.3 Å². The van der Waals surface area contributed by atoms with Crippen molar-refractivity contribution < 1.29 is 4.74 Å². The minimum atomic E-state index is 0.269. The van der Waals surface area contributed by atoms with Gasteiger partial charge in [-0.05, 0) is 25.6 Å². The molecular weight excluding hydrogens is 246 g/mol. The lowest BCUT2D eigenvalue weighted by atomic mass is 10.2. The highest BCUT2D eigenvalue weighted by Gasteiger charge is 2.15. The lowest BCUT2D eigenvalue weighted by Gasteiger charge is -2.08. The number of benzene rings is 1. The Kier molecular flexibility index (Phi) is 4.28. The number of ether oxygens (including phenoxy) is 1. The average Bonchev–Trinajstić information content (AvgIpc) is 2.89. The van der Waals surface area contributed by atoms with Gasteiger partial charge in [0.15, 0.2) is 5.01 Å². The number of rotatable bonds is 5. The molecule has 2 rings (SSSR count). The zero-order valence-corrected chi connectivity index (χ0v) is 11.6. The number of hydrogen-bond donors (Lipinski definition) is 1. The van der Waals surface area contributed by atoms with Gasteiger partial charge >= 0.3 is 0 Å². The standard InChI is InChI=1S/C13H17N3OS/c1-4-10(14-2)13-16-15-12(18-13)9-7-5-6-8-11(9)17-3/h5-8,10,14H,4H2,1-3H3. The lowest BCUT2D eigenvalue weighted by molar-refractivity contribution is 0.416. The molecule has 1 heterocycles. The summed E-state index contributed by atoms with van der Waals surface area (Å²) in [4.78, 5) is 0. The third kappa shape index (κ3) is 2.52. The van der Waals surface area contributed by atoms with Crippen LogP contribution in [0.5, 0.6) is 5.75 Å². The number of aromatic nitrogens is 2. The van der Waals surface area contributed by atoms with Gasteiger partial charge in [0, 0.05) is 0 Å². The molecule has 0 spiro atoms. The van der Waals surface area contributed by atoms with Gasteiger partial charge in [0.1, 0.15) is 10.8 Å². The van der Waals surface area contributed by atoms with Crippen molar-refractivity contribution >= 4 is 11.3 Å². The molecule has 1 N–H and O–H groups in total. The summed E-state index contributed by atoms with van der Waals surface area (Å²) in [6.07, 6.45) is 0.997. The molecule has 18 heavy (non-hydrogen) atoms. The minimum Gasteiger partial charge on any atom is -0.496 e. The Hall–Kier alpha value is -1.46. The smallest absolute Gasteiger partial charge is 0.151 e. The van der Waals surface area contributed by atoms with Crippen molar-refractivity contribution in [3.05, 3.63) is 29.3 Å². The summed E-state index contributed by atoms with van der Waals surface area (Å²) in [7, 11) is 3.61. The topological polar surface area (TPSA) is 47.0 Å². The van der Waals surface area contributed by atoms with E-state index < -0.39 is 0 Å². The van der Waals surface area contributed by atoms with Gasteiger partial charge in [0.05, 0.1) is 18.7 Å². The summed E-state index contributed by atoms with van der Waals surface area (Å²) >= 11 is 1.61. The molecule has 1 unspecified atom stereocenters. The molecule has 1 atom stereocenters. The predicted molar refractivity (Wildman–Crippen MR) is 74.0 cm³/mol. The monoisotopic (exact) mass is 263 g/mol. The van der Waals surface area contributed by atoms with Gasteiger partial charge in [-0.2, -0.15) is 0 Å². The molecular formula is C13H17N3OS. The zero-order valence-electron chi connectivity index (χ0n) is 10.8. The van der Waals surface area contributed by atoms with Crippen LogP contribution in [0.4, 0.5) is 0 Å². The van der Waals surface area contributed by atoms with Crippen LogP contribution in [0.15, 0.2) is 24.3 Å². The highest BCUT2D eigenvalue weighted by atomic mass is 32.1. The normalized spacial score (nSPS) is 12.4. The van der Waals surface area contributed by atoms with Gasteiger partial charge in [-0.25, -0.2) is 0 Å². The van der Waals surface area contributed by atoms with Crippen molar-refractivity contribution in [2.24, 2.45) is 0 Å². The second-order valence-corrected chi connectivity index (χ2v) is 4.90. The van der Waals surface area contributed by atoms with Crippen LogP contribution in [-0.2, 0) is 0 Å². The number of methoxy groups -OCH3 is 1. The number of nitrogens with zero attached hydrogens (tertiary/aromatic N) is 2. The van der Waals surface area contributed by atoms with E-state index in [-0.39, 0.29) is 6.04 Å². The molecule has 0 aliphatic carbocycles. The molecule has 0 bridgehead atoms. The van der Waals surface area contributed by atoms with Crippen LogP contribution in [0.25, 0.3) is 10.6 Å². The molecule has 4 nitrogen and oxygen atoms in total. The van der Waals surface area contributed by atoms with E-state index in [1.54, 1.807) is 18.4 Å². The van der Waals surface area contributed by atoms with Gasteiger partial charge in [-0.3, -0.25) is 0 Å². The van der Waals surface area contributed by atoms with Gasteiger partial charge < -0.3 is 10.1 Å². The number of hydrogen-bond acceptors (Lipinski definition) is 5. The first kappa shape index (κ1) is 13.0. The van der Waals surface area contributed by atoms with E-state index in [4.69, 9.17) is 4.74 Å². The van der Waals surface area contributed by atoms with Crippen LogP contribution in [0, 0.1) is 0 Å². The van der Waals surface area contributed by atoms with E-state index in [1.807, 2.05) is 31.3 Å². The van der Waals surface area contributed by atoms with Crippen molar-refractivity contribution in [2.45, 2.75) is 19.4 Å². The van der Waals surface area contributed by atoms with Gasteiger partial charge in [-0.15, -0.1) is 10.2 Å². The quantitative estimate of drug-likeness (QED) is 0.901. The third-order valence-electron chi connectivity index (χ3n) is 2.83. The predicted octanol–water partition coefficient (Wildman–Crippen LogP) is 2.88. The van der Waals surface area contributed by atoms with Gasteiger partial charge in [0.25, 0.3) is 0 Å². The Morgan fingerprint density at radius 2 is 2.11 bits per heavy atom. The molecule has 0 saturated carbocycles. The summed E-state index contributed by atoms with van der Waals surface area (Å²) < 4.78 is 5.35. The Labute approximate surface area is 111 Å². The van der Waals surface area contributed by atoms with E-state index >= 15 is 0 Å². The fraction of sp³-hybridized carbons (Fsp3) is 0.385. The Morgan fingerprint density at radius 1 is 1.33 bits per heavy atom. The second kappa shape index (κ2) is 5.93. The fourth-order valence-electron chi connectivity index (χ4n) is 1.81. The Bertz CT molecular complexity index is 508. The summed E-state index contributed by atoms with van der Waals surface area (Å²) in [5.74, 6) is 0.831. The molecule has 0 aliphatic heterocycles. The molecule has 96 valence electrons. The second-order valence-electron chi connectivity index (χ2n) is 3.90. The van der Waals surface area contributed by atoms with E-state index in [0.717, 1.165) is 27.7 Å². The molecule has 1 aromatic carbocycles. The van der Waals surface area contributed by atoms with Crippen LogP contribution in [-0.4, -0.2) is 24.4 Å². The molecule has 0 radical (unpaired) electrons. The maximum atomic E-state index is 5.35.